The van der Waals surface area contributed by atoms with E-state index < -0.39 is 17.5 Å². The third-order valence-corrected chi connectivity index (χ3v) is 2.34. The Bertz CT molecular complexity index is 446. The van der Waals surface area contributed by atoms with E-state index in [0.29, 0.717) is 12.1 Å². The maximum absolute atomic E-state index is 13.6. The average molecular weight is 224 g/mol. The minimum atomic E-state index is -0.601. The van der Waals surface area contributed by atoms with Crippen LogP contribution in [0.4, 0.5) is 15.0 Å². The largest absolute Gasteiger partial charge is 0.441 e. The highest BCUT2D eigenvalue weighted by Crippen LogP contribution is 2.27. The SMILES string of the molecule is Cc1cnc(N2CC(C)(C)OC2=O)c(F)c1. The Labute approximate surface area is 93.0 Å². The summed E-state index contributed by atoms with van der Waals surface area (Å²) in [5.74, 6) is -0.476. The number of aryl methyl sites for hydroxylation is 1. The molecule has 16 heavy (non-hydrogen) atoms. The molecule has 0 radical (unpaired) electrons. The van der Waals surface area contributed by atoms with Crippen molar-refractivity contribution in [3.05, 3.63) is 23.6 Å². The van der Waals surface area contributed by atoms with Crippen LogP contribution in [0.25, 0.3) is 0 Å². The van der Waals surface area contributed by atoms with E-state index in [1.165, 1.54) is 17.2 Å². The van der Waals surface area contributed by atoms with Crippen LogP contribution in [-0.2, 0) is 4.74 Å². The zero-order valence-electron chi connectivity index (χ0n) is 9.45. The molecule has 0 saturated carbocycles. The minimum Gasteiger partial charge on any atom is -0.441 e. The van der Waals surface area contributed by atoms with Gasteiger partial charge in [-0.25, -0.2) is 14.2 Å². The molecule has 1 aliphatic heterocycles. The fourth-order valence-electron chi connectivity index (χ4n) is 1.66. The van der Waals surface area contributed by atoms with Crippen LogP contribution in [0.5, 0.6) is 0 Å². The number of pyridine rings is 1. The third kappa shape index (κ3) is 1.85. The number of hydrogen-bond acceptors (Lipinski definition) is 3. The Morgan fingerprint density at radius 2 is 2.25 bits per heavy atom. The lowest BCUT2D eigenvalue weighted by Gasteiger charge is -2.15. The molecule has 1 fully saturated rings. The lowest BCUT2D eigenvalue weighted by atomic mass is 10.1. The first-order chi connectivity index (χ1) is 7.39. The molecule has 0 spiro atoms. The monoisotopic (exact) mass is 224 g/mol. The summed E-state index contributed by atoms with van der Waals surface area (Å²) in [6, 6.07) is 1.35. The standard InChI is InChI=1S/C11H13FN2O2/c1-7-4-8(12)9(13-5-7)14-6-11(2,3)16-10(14)15/h4-5H,6H2,1-3H3. The van der Waals surface area contributed by atoms with Gasteiger partial charge in [-0.2, -0.15) is 0 Å². The van der Waals surface area contributed by atoms with Crippen LogP contribution in [0.15, 0.2) is 12.3 Å². The summed E-state index contributed by atoms with van der Waals surface area (Å²) in [5.41, 5.74) is 0.115. The molecule has 86 valence electrons. The fourth-order valence-corrected chi connectivity index (χ4v) is 1.66. The molecule has 1 saturated heterocycles. The predicted molar refractivity (Wildman–Crippen MR) is 56.8 cm³/mol. The van der Waals surface area contributed by atoms with Gasteiger partial charge in [0.15, 0.2) is 11.6 Å². The number of rotatable bonds is 1. The second kappa shape index (κ2) is 3.43. The van der Waals surface area contributed by atoms with Crippen molar-refractivity contribution in [2.75, 3.05) is 11.4 Å². The molecule has 1 amide bonds. The molecular formula is C11H13FN2O2. The molecule has 5 heteroatoms. The molecule has 2 rings (SSSR count). The quantitative estimate of drug-likeness (QED) is 0.734. The Balaban J connectivity index is 2.35. The number of cyclic esters (lactones) is 1. The molecule has 1 aliphatic rings. The van der Waals surface area contributed by atoms with Crippen LogP contribution in [-0.4, -0.2) is 23.2 Å². The average Bonchev–Trinajstić information content (AvgIpc) is 2.39. The highest BCUT2D eigenvalue weighted by molar-refractivity contribution is 5.89. The van der Waals surface area contributed by atoms with Gasteiger partial charge in [0.1, 0.15) is 5.60 Å². The fraction of sp³-hybridized carbons (Fsp3) is 0.455. The summed E-state index contributed by atoms with van der Waals surface area (Å²) in [4.78, 5) is 16.7. The van der Waals surface area contributed by atoms with Gasteiger partial charge in [0.05, 0.1) is 6.54 Å². The van der Waals surface area contributed by atoms with Gasteiger partial charge in [-0.3, -0.25) is 4.90 Å². The van der Waals surface area contributed by atoms with Crippen LogP contribution in [0.3, 0.4) is 0 Å². The summed E-state index contributed by atoms with van der Waals surface area (Å²) in [6.45, 7) is 5.60. The second-order valence-corrected chi connectivity index (χ2v) is 4.53. The molecule has 0 aliphatic carbocycles. The van der Waals surface area contributed by atoms with Crippen molar-refractivity contribution >= 4 is 11.9 Å². The van der Waals surface area contributed by atoms with Crippen LogP contribution in [0, 0.1) is 12.7 Å². The molecule has 0 bridgehead atoms. The second-order valence-electron chi connectivity index (χ2n) is 4.53. The molecule has 0 atom stereocenters. The van der Waals surface area contributed by atoms with Gasteiger partial charge < -0.3 is 4.74 Å². The van der Waals surface area contributed by atoms with Crippen molar-refractivity contribution < 1.29 is 13.9 Å². The van der Waals surface area contributed by atoms with Gasteiger partial charge in [0, 0.05) is 6.20 Å². The van der Waals surface area contributed by atoms with Crippen molar-refractivity contribution in [1.82, 2.24) is 4.98 Å². The van der Waals surface area contributed by atoms with Crippen LogP contribution in [0.1, 0.15) is 19.4 Å². The van der Waals surface area contributed by atoms with Crippen LogP contribution < -0.4 is 4.90 Å². The number of nitrogens with zero attached hydrogens (tertiary/aromatic N) is 2. The Morgan fingerprint density at radius 1 is 1.56 bits per heavy atom. The molecule has 0 unspecified atom stereocenters. The number of amides is 1. The lowest BCUT2D eigenvalue weighted by molar-refractivity contribution is 0.0871. The normalized spacial score (nSPS) is 18.8. The predicted octanol–water partition coefficient (Wildman–Crippen LogP) is 2.26. The van der Waals surface area contributed by atoms with Crippen molar-refractivity contribution in [3.8, 4) is 0 Å². The number of hydrogen-bond donors (Lipinski definition) is 0. The van der Waals surface area contributed by atoms with Gasteiger partial charge in [-0.1, -0.05) is 0 Å². The van der Waals surface area contributed by atoms with Crippen molar-refractivity contribution in [2.45, 2.75) is 26.4 Å². The number of carbonyl (C=O) groups excluding carboxylic acids is 1. The topological polar surface area (TPSA) is 42.4 Å². The summed E-state index contributed by atoms with van der Waals surface area (Å²) >= 11 is 0. The van der Waals surface area contributed by atoms with Crippen molar-refractivity contribution in [1.29, 1.82) is 0 Å². The Hall–Kier alpha value is -1.65. The van der Waals surface area contributed by atoms with Crippen LogP contribution >= 0.6 is 0 Å². The molecule has 0 aromatic carbocycles. The van der Waals surface area contributed by atoms with Gasteiger partial charge in [-0.15, -0.1) is 0 Å². The number of ether oxygens (including phenoxy) is 1. The molecule has 1 aromatic heterocycles. The van der Waals surface area contributed by atoms with Crippen molar-refractivity contribution in [3.63, 3.8) is 0 Å². The first kappa shape index (κ1) is 10.9. The van der Waals surface area contributed by atoms with E-state index >= 15 is 0 Å². The van der Waals surface area contributed by atoms with Gasteiger partial charge in [0.2, 0.25) is 0 Å². The Kier molecular flexibility index (Phi) is 2.33. The molecule has 2 heterocycles. The maximum Gasteiger partial charge on any atom is 0.416 e. The van der Waals surface area contributed by atoms with E-state index in [1.54, 1.807) is 20.8 Å². The first-order valence-corrected chi connectivity index (χ1v) is 5.02. The van der Waals surface area contributed by atoms with Gasteiger partial charge in [-0.05, 0) is 32.4 Å². The zero-order valence-corrected chi connectivity index (χ0v) is 9.45. The molecule has 4 nitrogen and oxygen atoms in total. The van der Waals surface area contributed by atoms with Crippen molar-refractivity contribution in [2.24, 2.45) is 0 Å². The van der Waals surface area contributed by atoms with E-state index in [1.807, 2.05) is 0 Å². The number of halogens is 1. The van der Waals surface area contributed by atoms with E-state index in [4.69, 9.17) is 4.74 Å². The first-order valence-electron chi connectivity index (χ1n) is 5.02. The number of carbonyl (C=O) groups is 1. The van der Waals surface area contributed by atoms with E-state index in [-0.39, 0.29) is 5.82 Å². The van der Waals surface area contributed by atoms with E-state index in [0.717, 1.165) is 0 Å². The highest BCUT2D eigenvalue weighted by Gasteiger charge is 2.40. The molecule has 0 N–H and O–H groups in total. The third-order valence-electron chi connectivity index (χ3n) is 2.34. The number of aromatic nitrogens is 1. The Morgan fingerprint density at radius 3 is 2.75 bits per heavy atom. The van der Waals surface area contributed by atoms with Gasteiger partial charge >= 0.3 is 6.09 Å². The zero-order chi connectivity index (χ0) is 11.9. The number of anilines is 1. The summed E-state index contributed by atoms with van der Waals surface area (Å²) in [6.07, 6.45) is 0.969. The minimum absolute atomic E-state index is 0.0289. The lowest BCUT2D eigenvalue weighted by Crippen LogP contribution is -2.29. The summed E-state index contributed by atoms with van der Waals surface area (Å²) < 4.78 is 18.7. The smallest absolute Gasteiger partial charge is 0.416 e. The molecule has 1 aromatic rings. The highest BCUT2D eigenvalue weighted by atomic mass is 19.1. The molecular weight excluding hydrogens is 211 g/mol. The van der Waals surface area contributed by atoms with Crippen LogP contribution in [0.2, 0.25) is 0 Å². The summed E-state index contributed by atoms with van der Waals surface area (Å²) in [5, 5.41) is 0. The van der Waals surface area contributed by atoms with E-state index in [2.05, 4.69) is 4.98 Å². The van der Waals surface area contributed by atoms with Gasteiger partial charge in [0.25, 0.3) is 0 Å². The summed E-state index contributed by atoms with van der Waals surface area (Å²) in [7, 11) is 0. The maximum atomic E-state index is 13.6. The van der Waals surface area contributed by atoms with E-state index in [9.17, 15) is 9.18 Å².